The molecule has 22 heavy (non-hydrogen) atoms. The highest BCUT2D eigenvalue weighted by Crippen LogP contribution is 2.27. The van der Waals surface area contributed by atoms with E-state index in [0.717, 1.165) is 11.1 Å². The molecule has 0 aliphatic carbocycles. The Hall–Kier alpha value is -2.69. The second kappa shape index (κ2) is 5.97. The van der Waals surface area contributed by atoms with Crippen molar-refractivity contribution in [1.82, 2.24) is 15.0 Å². The SMILES string of the molecule is COc1ccc2nc(-c3ccccc3)nc(OC(C)C)c2n1. The van der Waals surface area contributed by atoms with Crippen LogP contribution in [0, 0.1) is 0 Å². The second-order valence-corrected chi connectivity index (χ2v) is 5.11. The second-order valence-electron chi connectivity index (χ2n) is 5.11. The predicted molar refractivity (Wildman–Crippen MR) is 85.1 cm³/mol. The van der Waals surface area contributed by atoms with E-state index in [-0.39, 0.29) is 6.10 Å². The number of hydrogen-bond donors (Lipinski definition) is 0. The standard InChI is InChI=1S/C17H17N3O2/c1-11(2)22-17-15-13(9-10-14(19-15)21-3)18-16(20-17)12-7-5-4-6-8-12/h4-11H,1-3H3. The van der Waals surface area contributed by atoms with E-state index in [0.29, 0.717) is 23.1 Å². The van der Waals surface area contributed by atoms with Crippen LogP contribution >= 0.6 is 0 Å². The molecular formula is C17H17N3O2. The van der Waals surface area contributed by atoms with Gasteiger partial charge in [-0.1, -0.05) is 30.3 Å². The van der Waals surface area contributed by atoms with Crippen LogP contribution in [0.15, 0.2) is 42.5 Å². The minimum absolute atomic E-state index is 0.00488. The summed E-state index contributed by atoms with van der Waals surface area (Å²) in [6.45, 7) is 3.91. The van der Waals surface area contributed by atoms with E-state index in [9.17, 15) is 0 Å². The topological polar surface area (TPSA) is 57.1 Å². The molecule has 5 heteroatoms. The molecule has 0 N–H and O–H groups in total. The zero-order valence-electron chi connectivity index (χ0n) is 12.8. The van der Waals surface area contributed by atoms with Crippen molar-refractivity contribution in [2.45, 2.75) is 20.0 Å². The van der Waals surface area contributed by atoms with Gasteiger partial charge in [-0.15, -0.1) is 0 Å². The molecule has 0 saturated carbocycles. The van der Waals surface area contributed by atoms with Crippen molar-refractivity contribution in [2.75, 3.05) is 7.11 Å². The molecule has 112 valence electrons. The predicted octanol–water partition coefficient (Wildman–Crippen LogP) is 3.49. The molecule has 0 amide bonds. The van der Waals surface area contributed by atoms with Crippen LogP contribution in [-0.2, 0) is 0 Å². The summed E-state index contributed by atoms with van der Waals surface area (Å²) in [6, 6.07) is 13.5. The summed E-state index contributed by atoms with van der Waals surface area (Å²) in [5, 5.41) is 0. The molecule has 0 spiro atoms. The lowest BCUT2D eigenvalue weighted by molar-refractivity contribution is 0.235. The molecule has 0 saturated heterocycles. The highest BCUT2D eigenvalue weighted by molar-refractivity contribution is 5.81. The van der Waals surface area contributed by atoms with Gasteiger partial charge in [0.05, 0.1) is 18.7 Å². The lowest BCUT2D eigenvalue weighted by Crippen LogP contribution is -2.09. The molecule has 1 aromatic carbocycles. The average molecular weight is 295 g/mol. The van der Waals surface area contributed by atoms with Gasteiger partial charge in [-0.05, 0) is 19.9 Å². The highest BCUT2D eigenvalue weighted by Gasteiger charge is 2.14. The molecule has 2 heterocycles. The van der Waals surface area contributed by atoms with Gasteiger partial charge < -0.3 is 9.47 Å². The molecule has 3 aromatic rings. The van der Waals surface area contributed by atoms with Crippen molar-refractivity contribution < 1.29 is 9.47 Å². The zero-order chi connectivity index (χ0) is 15.5. The maximum atomic E-state index is 5.82. The number of hydrogen-bond acceptors (Lipinski definition) is 5. The minimum atomic E-state index is -0.00488. The lowest BCUT2D eigenvalue weighted by Gasteiger charge is -2.12. The summed E-state index contributed by atoms with van der Waals surface area (Å²) in [5.41, 5.74) is 2.27. The first-order chi connectivity index (χ1) is 10.7. The van der Waals surface area contributed by atoms with Gasteiger partial charge in [-0.3, -0.25) is 0 Å². The van der Waals surface area contributed by atoms with Crippen LogP contribution in [0.25, 0.3) is 22.4 Å². The van der Waals surface area contributed by atoms with Crippen LogP contribution < -0.4 is 9.47 Å². The van der Waals surface area contributed by atoms with Gasteiger partial charge in [0, 0.05) is 11.6 Å². The Balaban J connectivity index is 2.20. The van der Waals surface area contributed by atoms with E-state index < -0.39 is 0 Å². The zero-order valence-corrected chi connectivity index (χ0v) is 12.8. The van der Waals surface area contributed by atoms with Crippen LogP contribution in [-0.4, -0.2) is 28.2 Å². The summed E-state index contributed by atoms with van der Waals surface area (Å²) in [4.78, 5) is 13.5. The van der Waals surface area contributed by atoms with Crippen LogP contribution in [0.1, 0.15) is 13.8 Å². The average Bonchev–Trinajstić information content (AvgIpc) is 2.54. The monoisotopic (exact) mass is 295 g/mol. The fourth-order valence-electron chi connectivity index (χ4n) is 2.11. The quantitative estimate of drug-likeness (QED) is 0.737. The largest absolute Gasteiger partial charge is 0.481 e. The maximum absolute atomic E-state index is 5.82. The first-order valence-electron chi connectivity index (χ1n) is 7.12. The Morgan fingerprint density at radius 1 is 0.909 bits per heavy atom. The molecule has 3 rings (SSSR count). The summed E-state index contributed by atoms with van der Waals surface area (Å²) in [6.07, 6.45) is -0.00488. The van der Waals surface area contributed by atoms with Gasteiger partial charge in [0.1, 0.15) is 0 Å². The maximum Gasteiger partial charge on any atom is 0.244 e. The van der Waals surface area contributed by atoms with E-state index in [1.54, 1.807) is 13.2 Å². The summed E-state index contributed by atoms with van der Waals surface area (Å²) >= 11 is 0. The van der Waals surface area contributed by atoms with Crippen LogP contribution in [0.5, 0.6) is 11.8 Å². The Labute approximate surface area is 129 Å². The van der Waals surface area contributed by atoms with Crippen molar-refractivity contribution >= 4 is 11.0 Å². The molecule has 0 radical (unpaired) electrons. The molecule has 2 aromatic heterocycles. The van der Waals surface area contributed by atoms with Crippen molar-refractivity contribution in [1.29, 1.82) is 0 Å². The smallest absolute Gasteiger partial charge is 0.244 e. The number of fused-ring (bicyclic) bond motifs is 1. The van der Waals surface area contributed by atoms with Gasteiger partial charge in [-0.25, -0.2) is 9.97 Å². The van der Waals surface area contributed by atoms with Gasteiger partial charge in [0.2, 0.25) is 11.8 Å². The molecule has 0 bridgehead atoms. The fraction of sp³-hybridized carbons (Fsp3) is 0.235. The fourth-order valence-corrected chi connectivity index (χ4v) is 2.11. The van der Waals surface area contributed by atoms with E-state index in [1.807, 2.05) is 50.2 Å². The first-order valence-corrected chi connectivity index (χ1v) is 7.12. The Bertz CT molecular complexity index is 789. The van der Waals surface area contributed by atoms with E-state index in [2.05, 4.69) is 15.0 Å². The van der Waals surface area contributed by atoms with Crippen LogP contribution in [0.4, 0.5) is 0 Å². The van der Waals surface area contributed by atoms with Gasteiger partial charge in [-0.2, -0.15) is 4.98 Å². The molecule has 0 atom stereocenters. The normalized spacial score (nSPS) is 10.9. The van der Waals surface area contributed by atoms with Gasteiger partial charge in [0.15, 0.2) is 11.3 Å². The molecule has 0 aliphatic rings. The number of benzene rings is 1. The number of rotatable bonds is 4. The van der Waals surface area contributed by atoms with Crippen LogP contribution in [0.2, 0.25) is 0 Å². The van der Waals surface area contributed by atoms with Crippen LogP contribution in [0.3, 0.4) is 0 Å². The number of ether oxygens (including phenoxy) is 2. The third kappa shape index (κ3) is 2.83. The minimum Gasteiger partial charge on any atom is -0.481 e. The molecule has 5 nitrogen and oxygen atoms in total. The number of methoxy groups -OCH3 is 1. The Morgan fingerprint density at radius 3 is 2.36 bits per heavy atom. The van der Waals surface area contributed by atoms with Crippen molar-refractivity contribution in [3.8, 4) is 23.1 Å². The summed E-state index contributed by atoms with van der Waals surface area (Å²) in [7, 11) is 1.58. The lowest BCUT2D eigenvalue weighted by atomic mass is 10.2. The third-order valence-electron chi connectivity index (χ3n) is 3.07. The Morgan fingerprint density at radius 2 is 1.68 bits per heavy atom. The molecule has 0 aliphatic heterocycles. The van der Waals surface area contributed by atoms with Gasteiger partial charge in [0.25, 0.3) is 0 Å². The van der Waals surface area contributed by atoms with Gasteiger partial charge >= 0.3 is 0 Å². The number of aromatic nitrogens is 3. The first kappa shape index (κ1) is 14.3. The number of nitrogens with zero attached hydrogens (tertiary/aromatic N) is 3. The summed E-state index contributed by atoms with van der Waals surface area (Å²) < 4.78 is 11.0. The van der Waals surface area contributed by atoms with E-state index in [1.165, 1.54) is 0 Å². The Kier molecular flexibility index (Phi) is 3.87. The molecular weight excluding hydrogens is 278 g/mol. The highest BCUT2D eigenvalue weighted by atomic mass is 16.5. The molecule has 0 unspecified atom stereocenters. The number of pyridine rings is 1. The van der Waals surface area contributed by atoms with E-state index in [4.69, 9.17) is 9.47 Å². The van der Waals surface area contributed by atoms with E-state index >= 15 is 0 Å². The van der Waals surface area contributed by atoms with Crippen molar-refractivity contribution in [2.24, 2.45) is 0 Å². The van der Waals surface area contributed by atoms with Crippen molar-refractivity contribution in [3.05, 3.63) is 42.5 Å². The summed E-state index contributed by atoms with van der Waals surface area (Å²) in [5.74, 6) is 1.60. The molecule has 0 fully saturated rings. The van der Waals surface area contributed by atoms with Crippen molar-refractivity contribution in [3.63, 3.8) is 0 Å². The third-order valence-corrected chi connectivity index (χ3v) is 3.07.